The second-order valence-corrected chi connectivity index (χ2v) is 2.91. The molecule has 0 atom stereocenters. The molecular weight excluding hydrogens is 183 g/mol. The first kappa shape index (κ1) is 7.55. The average molecular weight is 187 g/mol. The molecule has 0 aromatic heterocycles. The van der Waals surface area contributed by atoms with Crippen molar-refractivity contribution in [2.75, 3.05) is 0 Å². The van der Waals surface area contributed by atoms with Gasteiger partial charge < -0.3 is 4.74 Å². The molecule has 2 nitrogen and oxygen atoms in total. The highest BCUT2D eigenvalue weighted by atomic mass is 35.5. The molecule has 12 heavy (non-hydrogen) atoms. The lowest BCUT2D eigenvalue weighted by Crippen LogP contribution is -1.94. The zero-order chi connectivity index (χ0) is 8.72. The Morgan fingerprint density at radius 1 is 1.50 bits per heavy atom. The second kappa shape index (κ2) is 2.45. The summed E-state index contributed by atoms with van der Waals surface area (Å²) in [5, 5.41) is 0.0204. The summed E-state index contributed by atoms with van der Waals surface area (Å²) in [7, 11) is 0. The van der Waals surface area contributed by atoms with Crippen molar-refractivity contribution in [2.45, 2.75) is 6.61 Å². The summed E-state index contributed by atoms with van der Waals surface area (Å²) in [5.41, 5.74) is 0.920. The van der Waals surface area contributed by atoms with Gasteiger partial charge in [-0.25, -0.2) is 9.18 Å². The summed E-state index contributed by atoms with van der Waals surface area (Å²) in [6, 6.07) is 2.52. The van der Waals surface area contributed by atoms with Crippen LogP contribution in [0.15, 0.2) is 12.1 Å². The molecule has 0 fully saturated rings. The van der Waals surface area contributed by atoms with Crippen molar-refractivity contribution in [1.29, 1.82) is 0 Å². The number of fused-ring (bicyclic) bond motifs is 1. The van der Waals surface area contributed by atoms with Crippen LogP contribution in [0.5, 0.6) is 0 Å². The molecule has 0 N–H and O–H groups in total. The van der Waals surface area contributed by atoms with Gasteiger partial charge in [-0.15, -0.1) is 0 Å². The molecule has 0 saturated heterocycles. The van der Waals surface area contributed by atoms with E-state index in [1.54, 1.807) is 0 Å². The number of hydrogen-bond donors (Lipinski definition) is 0. The maximum absolute atomic E-state index is 12.8. The van der Waals surface area contributed by atoms with Crippen molar-refractivity contribution in [2.24, 2.45) is 0 Å². The van der Waals surface area contributed by atoms with Crippen molar-refractivity contribution in [1.82, 2.24) is 0 Å². The summed E-state index contributed by atoms with van der Waals surface area (Å²) >= 11 is 5.50. The van der Waals surface area contributed by atoms with Gasteiger partial charge in [-0.1, -0.05) is 11.6 Å². The van der Waals surface area contributed by atoms with Crippen LogP contribution >= 0.6 is 11.6 Å². The van der Waals surface area contributed by atoms with Gasteiger partial charge >= 0.3 is 5.97 Å². The molecule has 2 rings (SSSR count). The Morgan fingerprint density at radius 3 is 3.00 bits per heavy atom. The lowest BCUT2D eigenvalue weighted by Gasteiger charge is -1.95. The standard InChI is InChI=1S/C8H4ClFO2/c9-6-1-4-3-12-8(11)5(4)2-7(6)10/h1-2H,3H2. The van der Waals surface area contributed by atoms with Crippen LogP contribution in [0, 0.1) is 5.82 Å². The van der Waals surface area contributed by atoms with Crippen LogP contribution in [0.2, 0.25) is 5.02 Å². The number of rotatable bonds is 0. The molecule has 0 unspecified atom stereocenters. The van der Waals surface area contributed by atoms with Gasteiger partial charge in [-0.05, 0) is 12.1 Å². The summed E-state index contributed by atoms with van der Waals surface area (Å²) in [6.45, 7) is 0.189. The van der Waals surface area contributed by atoms with E-state index in [9.17, 15) is 9.18 Å². The molecule has 4 heteroatoms. The fraction of sp³-hybridized carbons (Fsp3) is 0.125. The van der Waals surface area contributed by atoms with Crippen LogP contribution in [-0.4, -0.2) is 5.97 Å². The number of halogens is 2. The van der Waals surface area contributed by atoms with Gasteiger partial charge in [0, 0.05) is 5.56 Å². The number of carbonyl (C=O) groups excluding carboxylic acids is 1. The minimum Gasteiger partial charge on any atom is -0.457 e. The third kappa shape index (κ3) is 0.975. The predicted molar refractivity (Wildman–Crippen MR) is 40.5 cm³/mol. The maximum Gasteiger partial charge on any atom is 0.338 e. The SMILES string of the molecule is O=C1OCc2cc(Cl)c(F)cc21. The van der Waals surface area contributed by atoms with E-state index in [2.05, 4.69) is 4.74 Å². The largest absolute Gasteiger partial charge is 0.457 e. The van der Waals surface area contributed by atoms with Crippen molar-refractivity contribution in [3.63, 3.8) is 0 Å². The molecule has 62 valence electrons. The molecule has 0 spiro atoms. The van der Waals surface area contributed by atoms with Gasteiger partial charge in [0.05, 0.1) is 10.6 Å². The molecule has 1 heterocycles. The first-order valence-electron chi connectivity index (χ1n) is 3.33. The number of esters is 1. The number of carbonyl (C=O) groups is 1. The van der Waals surface area contributed by atoms with Crippen LogP contribution < -0.4 is 0 Å². The van der Waals surface area contributed by atoms with Crippen LogP contribution in [-0.2, 0) is 11.3 Å². The first-order chi connectivity index (χ1) is 5.68. The Kier molecular flexibility index (Phi) is 1.54. The molecule has 1 aromatic carbocycles. The lowest BCUT2D eigenvalue weighted by atomic mass is 10.1. The average Bonchev–Trinajstić information content (AvgIpc) is 2.35. The Balaban J connectivity index is 2.63. The number of ether oxygens (including phenoxy) is 1. The van der Waals surface area contributed by atoms with E-state index in [1.807, 2.05) is 0 Å². The fourth-order valence-corrected chi connectivity index (χ4v) is 1.30. The smallest absolute Gasteiger partial charge is 0.338 e. The quantitative estimate of drug-likeness (QED) is 0.581. The molecule has 0 saturated carbocycles. The second-order valence-electron chi connectivity index (χ2n) is 2.50. The van der Waals surface area contributed by atoms with E-state index in [0.717, 1.165) is 6.07 Å². The van der Waals surface area contributed by atoms with E-state index >= 15 is 0 Å². The summed E-state index contributed by atoms with van der Waals surface area (Å²) in [5.74, 6) is -1.07. The highest BCUT2D eigenvalue weighted by Gasteiger charge is 2.22. The van der Waals surface area contributed by atoms with E-state index in [0.29, 0.717) is 5.56 Å². The van der Waals surface area contributed by atoms with Crippen molar-refractivity contribution in [3.05, 3.63) is 34.1 Å². The normalized spacial score (nSPS) is 14.3. The van der Waals surface area contributed by atoms with Gasteiger partial charge in [-0.3, -0.25) is 0 Å². The van der Waals surface area contributed by atoms with Crippen LogP contribution in [0.1, 0.15) is 15.9 Å². The fourth-order valence-electron chi connectivity index (χ4n) is 1.12. The maximum atomic E-state index is 12.8. The molecule has 0 bridgehead atoms. The van der Waals surface area contributed by atoms with Crippen LogP contribution in [0.25, 0.3) is 0 Å². The molecule has 1 aliphatic heterocycles. The van der Waals surface area contributed by atoms with E-state index in [-0.39, 0.29) is 17.2 Å². The Bertz CT molecular complexity index is 362. The third-order valence-corrected chi connectivity index (χ3v) is 2.01. The Hall–Kier alpha value is -1.09. The highest BCUT2D eigenvalue weighted by Crippen LogP contribution is 2.25. The number of cyclic esters (lactones) is 1. The van der Waals surface area contributed by atoms with Gasteiger partial charge in [0.25, 0.3) is 0 Å². The van der Waals surface area contributed by atoms with Gasteiger partial charge in [0.15, 0.2) is 0 Å². The van der Waals surface area contributed by atoms with Crippen molar-refractivity contribution >= 4 is 17.6 Å². The summed E-state index contributed by atoms with van der Waals surface area (Å²) in [4.78, 5) is 10.9. The van der Waals surface area contributed by atoms with Crippen molar-refractivity contribution < 1.29 is 13.9 Å². The number of benzene rings is 1. The van der Waals surface area contributed by atoms with Gasteiger partial charge in [0.1, 0.15) is 12.4 Å². The van der Waals surface area contributed by atoms with E-state index in [1.165, 1.54) is 6.07 Å². The van der Waals surface area contributed by atoms with Crippen LogP contribution in [0.3, 0.4) is 0 Å². The molecule has 1 aliphatic rings. The van der Waals surface area contributed by atoms with Gasteiger partial charge in [0.2, 0.25) is 0 Å². The minimum absolute atomic E-state index is 0.0204. The van der Waals surface area contributed by atoms with E-state index < -0.39 is 11.8 Å². The summed E-state index contributed by atoms with van der Waals surface area (Å²) in [6.07, 6.45) is 0. The Labute approximate surface area is 72.9 Å². The first-order valence-corrected chi connectivity index (χ1v) is 3.71. The van der Waals surface area contributed by atoms with Crippen molar-refractivity contribution in [3.8, 4) is 0 Å². The van der Waals surface area contributed by atoms with Crippen LogP contribution in [0.4, 0.5) is 4.39 Å². The number of hydrogen-bond acceptors (Lipinski definition) is 2. The highest BCUT2D eigenvalue weighted by molar-refractivity contribution is 6.31. The van der Waals surface area contributed by atoms with Gasteiger partial charge in [-0.2, -0.15) is 0 Å². The summed E-state index contributed by atoms with van der Waals surface area (Å²) < 4.78 is 17.5. The predicted octanol–water partition coefficient (Wildman–Crippen LogP) is 2.15. The molecular formula is C8H4ClFO2. The molecule has 0 aliphatic carbocycles. The zero-order valence-electron chi connectivity index (χ0n) is 5.93. The van der Waals surface area contributed by atoms with E-state index in [4.69, 9.17) is 11.6 Å². The monoisotopic (exact) mass is 186 g/mol. The molecule has 1 aromatic rings. The zero-order valence-corrected chi connectivity index (χ0v) is 6.69. The lowest BCUT2D eigenvalue weighted by molar-refractivity contribution is 0.0535. The topological polar surface area (TPSA) is 26.3 Å². The Morgan fingerprint density at radius 2 is 2.25 bits per heavy atom. The molecule has 0 radical (unpaired) electrons. The third-order valence-electron chi connectivity index (χ3n) is 1.72. The molecule has 0 amide bonds. The minimum atomic E-state index is -0.589.